The molecule has 2 fully saturated rings. The standard InChI is InChI=1S/C19H26N2O3/c1-12-6-5-8-15(13(12)2)20-18(22)11-21-16-9-4-3-7-14(16)10-17(21)19(23)24/h5-6,8,14,16-17H,3-4,7,9-11H2,1-2H3,(H,20,22)(H,23,24). The number of nitrogens with zero attached hydrogens (tertiary/aromatic N) is 1. The van der Waals surface area contributed by atoms with Crippen molar-refractivity contribution in [2.45, 2.75) is 58.0 Å². The molecule has 0 bridgehead atoms. The number of hydrogen-bond donors (Lipinski definition) is 2. The summed E-state index contributed by atoms with van der Waals surface area (Å²) in [5.41, 5.74) is 2.99. The van der Waals surface area contributed by atoms with Crippen LogP contribution in [0.3, 0.4) is 0 Å². The molecule has 5 nitrogen and oxygen atoms in total. The van der Waals surface area contributed by atoms with Crippen LogP contribution in [0.25, 0.3) is 0 Å². The van der Waals surface area contributed by atoms with E-state index in [9.17, 15) is 14.7 Å². The van der Waals surface area contributed by atoms with Crippen LogP contribution >= 0.6 is 0 Å². The molecule has 1 aromatic carbocycles. The fourth-order valence-electron chi connectivity index (χ4n) is 4.27. The van der Waals surface area contributed by atoms with Gasteiger partial charge in [-0.3, -0.25) is 14.5 Å². The topological polar surface area (TPSA) is 69.6 Å². The summed E-state index contributed by atoms with van der Waals surface area (Å²) < 4.78 is 0. The molecular formula is C19H26N2O3. The number of aryl methyl sites for hydroxylation is 1. The van der Waals surface area contributed by atoms with Gasteiger partial charge in [0.05, 0.1) is 6.54 Å². The summed E-state index contributed by atoms with van der Waals surface area (Å²) in [6.07, 6.45) is 5.07. The molecule has 1 amide bonds. The predicted octanol–water partition coefficient (Wildman–Crippen LogP) is 2.96. The van der Waals surface area contributed by atoms with Crippen LogP contribution in [0.2, 0.25) is 0 Å². The number of anilines is 1. The number of benzene rings is 1. The number of nitrogens with one attached hydrogen (secondary N) is 1. The summed E-state index contributed by atoms with van der Waals surface area (Å²) in [5.74, 6) is -0.501. The van der Waals surface area contributed by atoms with Crippen molar-refractivity contribution >= 4 is 17.6 Å². The van der Waals surface area contributed by atoms with E-state index < -0.39 is 12.0 Å². The summed E-state index contributed by atoms with van der Waals surface area (Å²) in [7, 11) is 0. The van der Waals surface area contributed by atoms with Crippen LogP contribution in [0.4, 0.5) is 5.69 Å². The molecule has 3 unspecified atom stereocenters. The van der Waals surface area contributed by atoms with Gasteiger partial charge in [0.2, 0.25) is 5.91 Å². The van der Waals surface area contributed by atoms with Crippen LogP contribution in [-0.2, 0) is 9.59 Å². The van der Waals surface area contributed by atoms with E-state index in [2.05, 4.69) is 5.32 Å². The van der Waals surface area contributed by atoms with E-state index >= 15 is 0 Å². The Hall–Kier alpha value is -1.88. The molecule has 1 heterocycles. The van der Waals surface area contributed by atoms with Gasteiger partial charge in [-0.1, -0.05) is 25.0 Å². The quantitative estimate of drug-likeness (QED) is 0.890. The van der Waals surface area contributed by atoms with Crippen molar-refractivity contribution < 1.29 is 14.7 Å². The smallest absolute Gasteiger partial charge is 0.320 e. The number of carboxylic acid groups (broad SMARTS) is 1. The summed E-state index contributed by atoms with van der Waals surface area (Å²) in [6, 6.07) is 5.54. The number of fused-ring (bicyclic) bond motifs is 1. The molecule has 1 aliphatic heterocycles. The minimum absolute atomic E-state index is 0.124. The first-order valence-electron chi connectivity index (χ1n) is 8.82. The second-order valence-electron chi connectivity index (χ2n) is 7.17. The van der Waals surface area contributed by atoms with Gasteiger partial charge in [0.15, 0.2) is 0 Å². The van der Waals surface area contributed by atoms with Gasteiger partial charge < -0.3 is 10.4 Å². The Morgan fingerprint density at radius 3 is 2.75 bits per heavy atom. The Morgan fingerprint density at radius 2 is 2.00 bits per heavy atom. The molecule has 130 valence electrons. The van der Waals surface area contributed by atoms with Crippen LogP contribution in [-0.4, -0.2) is 40.5 Å². The maximum atomic E-state index is 12.5. The van der Waals surface area contributed by atoms with E-state index in [4.69, 9.17) is 0 Å². The van der Waals surface area contributed by atoms with Gasteiger partial charge in [0.25, 0.3) is 0 Å². The SMILES string of the molecule is Cc1cccc(NC(=O)CN2C(C(=O)O)CC3CCCCC32)c1C. The van der Waals surface area contributed by atoms with Crippen molar-refractivity contribution in [2.24, 2.45) is 5.92 Å². The summed E-state index contributed by atoms with van der Waals surface area (Å²) >= 11 is 0. The molecular weight excluding hydrogens is 304 g/mol. The third-order valence-corrected chi connectivity index (χ3v) is 5.71. The lowest BCUT2D eigenvalue weighted by Gasteiger charge is -2.32. The molecule has 1 aliphatic carbocycles. The normalized spacial score (nSPS) is 26.8. The first-order chi connectivity index (χ1) is 11.5. The number of hydrogen-bond acceptors (Lipinski definition) is 3. The molecule has 1 saturated heterocycles. The third kappa shape index (κ3) is 3.31. The third-order valence-electron chi connectivity index (χ3n) is 5.71. The number of amides is 1. The number of carbonyl (C=O) groups is 2. The van der Waals surface area contributed by atoms with Crippen LogP contribution in [0, 0.1) is 19.8 Å². The van der Waals surface area contributed by atoms with Gasteiger partial charge in [0.1, 0.15) is 6.04 Å². The lowest BCUT2D eigenvalue weighted by molar-refractivity contribution is -0.143. The molecule has 24 heavy (non-hydrogen) atoms. The molecule has 2 aliphatic rings. The zero-order chi connectivity index (χ0) is 17.3. The minimum atomic E-state index is -0.802. The maximum absolute atomic E-state index is 12.5. The molecule has 1 saturated carbocycles. The molecule has 1 aromatic rings. The zero-order valence-electron chi connectivity index (χ0n) is 14.4. The second kappa shape index (κ2) is 6.93. The number of likely N-dealkylation sites (tertiary alicyclic amines) is 1. The maximum Gasteiger partial charge on any atom is 0.320 e. The van der Waals surface area contributed by atoms with Gasteiger partial charge in [-0.15, -0.1) is 0 Å². The molecule has 0 aromatic heterocycles. The van der Waals surface area contributed by atoms with Crippen LogP contribution in [0.1, 0.15) is 43.2 Å². The highest BCUT2D eigenvalue weighted by molar-refractivity contribution is 5.93. The Balaban J connectivity index is 1.71. The lowest BCUT2D eigenvalue weighted by Crippen LogP contribution is -2.46. The molecule has 3 rings (SSSR count). The van der Waals surface area contributed by atoms with E-state index in [1.807, 2.05) is 36.9 Å². The van der Waals surface area contributed by atoms with Gasteiger partial charge >= 0.3 is 5.97 Å². The number of aliphatic carboxylic acids is 1. The largest absolute Gasteiger partial charge is 0.480 e. The van der Waals surface area contributed by atoms with Crippen molar-refractivity contribution in [2.75, 3.05) is 11.9 Å². The minimum Gasteiger partial charge on any atom is -0.480 e. The first kappa shape index (κ1) is 17.0. The van der Waals surface area contributed by atoms with Crippen molar-refractivity contribution in [3.63, 3.8) is 0 Å². The van der Waals surface area contributed by atoms with Crippen LogP contribution < -0.4 is 5.32 Å². The van der Waals surface area contributed by atoms with E-state index in [-0.39, 0.29) is 18.5 Å². The Bertz CT molecular complexity index is 643. The average Bonchev–Trinajstić information content (AvgIpc) is 2.91. The van der Waals surface area contributed by atoms with Crippen molar-refractivity contribution in [1.82, 2.24) is 4.90 Å². The number of carbonyl (C=O) groups excluding carboxylic acids is 1. The molecule has 0 spiro atoms. The zero-order valence-corrected chi connectivity index (χ0v) is 14.4. The van der Waals surface area contributed by atoms with E-state index in [1.165, 1.54) is 6.42 Å². The predicted molar refractivity (Wildman–Crippen MR) is 93.0 cm³/mol. The highest BCUT2D eigenvalue weighted by Gasteiger charge is 2.45. The molecule has 3 atom stereocenters. The van der Waals surface area contributed by atoms with Gasteiger partial charge in [-0.25, -0.2) is 0 Å². The van der Waals surface area contributed by atoms with Crippen molar-refractivity contribution in [1.29, 1.82) is 0 Å². The monoisotopic (exact) mass is 330 g/mol. The Morgan fingerprint density at radius 1 is 1.25 bits per heavy atom. The van der Waals surface area contributed by atoms with Crippen molar-refractivity contribution in [3.8, 4) is 0 Å². The fraction of sp³-hybridized carbons (Fsp3) is 0.579. The summed E-state index contributed by atoms with van der Waals surface area (Å²) in [5, 5.41) is 12.5. The number of carboxylic acids is 1. The van der Waals surface area contributed by atoms with E-state index in [0.29, 0.717) is 12.3 Å². The summed E-state index contributed by atoms with van der Waals surface area (Å²) in [4.78, 5) is 26.1. The van der Waals surface area contributed by atoms with Crippen molar-refractivity contribution in [3.05, 3.63) is 29.3 Å². The second-order valence-corrected chi connectivity index (χ2v) is 7.17. The lowest BCUT2D eigenvalue weighted by atomic mass is 9.85. The molecule has 2 N–H and O–H groups in total. The number of rotatable bonds is 4. The molecule has 0 radical (unpaired) electrons. The first-order valence-corrected chi connectivity index (χ1v) is 8.82. The van der Waals surface area contributed by atoms with Gasteiger partial charge in [0, 0.05) is 11.7 Å². The van der Waals surface area contributed by atoms with Crippen LogP contribution in [0.15, 0.2) is 18.2 Å². The van der Waals surface area contributed by atoms with Gasteiger partial charge in [-0.05, 0) is 56.2 Å². The fourth-order valence-corrected chi connectivity index (χ4v) is 4.27. The highest BCUT2D eigenvalue weighted by atomic mass is 16.4. The average molecular weight is 330 g/mol. The van der Waals surface area contributed by atoms with Gasteiger partial charge in [-0.2, -0.15) is 0 Å². The Kier molecular flexibility index (Phi) is 4.90. The highest BCUT2D eigenvalue weighted by Crippen LogP contribution is 2.39. The molecule has 5 heteroatoms. The van der Waals surface area contributed by atoms with Crippen LogP contribution in [0.5, 0.6) is 0 Å². The summed E-state index contributed by atoms with van der Waals surface area (Å²) in [6.45, 7) is 4.15. The Labute approximate surface area is 143 Å². The van der Waals surface area contributed by atoms with E-state index in [1.54, 1.807) is 0 Å². The van der Waals surface area contributed by atoms with E-state index in [0.717, 1.165) is 36.1 Å².